The molecule has 2 atom stereocenters. The number of rotatable bonds is 3. The molecule has 1 aliphatic carbocycles. The van der Waals surface area contributed by atoms with Crippen LogP contribution in [0.15, 0.2) is 24.3 Å². The average molecular weight is 372 g/mol. The van der Waals surface area contributed by atoms with Crippen LogP contribution in [0.4, 0.5) is 0 Å². The van der Waals surface area contributed by atoms with Crippen molar-refractivity contribution in [1.82, 2.24) is 5.43 Å². The molecule has 3 nitrogen and oxygen atoms in total. The van der Waals surface area contributed by atoms with Gasteiger partial charge in [0.15, 0.2) is 0 Å². The summed E-state index contributed by atoms with van der Waals surface area (Å²) in [7, 11) is 0. The lowest BCUT2D eigenvalue weighted by atomic mass is 9.70. The van der Waals surface area contributed by atoms with Gasteiger partial charge in [0.1, 0.15) is 0 Å². The average Bonchev–Trinajstić information content (AvgIpc) is 2.38. The smallest absolute Gasteiger partial charge is 0.0686 e. The molecular weight excluding hydrogens is 351 g/mol. The maximum Gasteiger partial charge on any atom is 0.0686 e. The summed E-state index contributed by atoms with van der Waals surface area (Å²) < 4.78 is 7.28. The van der Waals surface area contributed by atoms with Gasteiger partial charge < -0.3 is 4.74 Å². The topological polar surface area (TPSA) is 47.3 Å². The van der Waals surface area contributed by atoms with Gasteiger partial charge in [-0.1, -0.05) is 12.1 Å². The van der Waals surface area contributed by atoms with E-state index in [4.69, 9.17) is 10.6 Å². The monoisotopic (exact) mass is 372 g/mol. The van der Waals surface area contributed by atoms with Crippen LogP contribution in [0.25, 0.3) is 0 Å². The van der Waals surface area contributed by atoms with E-state index in [2.05, 4.69) is 52.3 Å². The van der Waals surface area contributed by atoms with E-state index in [1.807, 2.05) is 0 Å². The van der Waals surface area contributed by atoms with Crippen LogP contribution in [-0.2, 0) is 4.74 Å². The van der Waals surface area contributed by atoms with Crippen molar-refractivity contribution < 1.29 is 4.74 Å². The Morgan fingerprint density at radius 3 is 2.89 bits per heavy atom. The Balaban J connectivity index is 1.78. The molecule has 1 spiro atoms. The number of nitrogens with two attached hydrogens (primary N) is 1. The van der Waals surface area contributed by atoms with E-state index in [1.54, 1.807) is 0 Å². The van der Waals surface area contributed by atoms with Crippen molar-refractivity contribution in [2.75, 3.05) is 6.61 Å². The maximum absolute atomic E-state index is 6.02. The highest BCUT2D eigenvalue weighted by Crippen LogP contribution is 2.47. The zero-order chi connectivity index (χ0) is 13.3. The number of hydrogen-bond donors (Lipinski definition) is 2. The van der Waals surface area contributed by atoms with Crippen LogP contribution in [-0.4, -0.2) is 12.2 Å². The number of halogens is 1. The van der Waals surface area contributed by atoms with E-state index in [-0.39, 0.29) is 11.6 Å². The summed E-state index contributed by atoms with van der Waals surface area (Å²) in [5, 5.41) is 0. The second kappa shape index (κ2) is 5.68. The summed E-state index contributed by atoms with van der Waals surface area (Å²) >= 11 is 2.36. The molecule has 1 heterocycles. The lowest BCUT2D eigenvalue weighted by Gasteiger charge is -2.48. The standard InChI is InChI=1S/C15H21IN2O/c16-13-4-1-3-11(9-13)14(18-17)12-5-8-19-15(10-12)6-2-7-15/h1,3-4,9,12,14,18H,2,5-8,10,17H2. The van der Waals surface area contributed by atoms with Gasteiger partial charge in [0.25, 0.3) is 0 Å². The molecule has 1 aromatic rings. The van der Waals surface area contributed by atoms with Crippen LogP contribution in [0.5, 0.6) is 0 Å². The second-order valence-electron chi connectivity index (χ2n) is 5.84. The quantitative estimate of drug-likeness (QED) is 0.487. The first-order valence-electron chi connectivity index (χ1n) is 7.08. The number of benzene rings is 1. The van der Waals surface area contributed by atoms with Crippen molar-refractivity contribution in [3.63, 3.8) is 0 Å². The van der Waals surface area contributed by atoms with Gasteiger partial charge in [-0.3, -0.25) is 11.3 Å². The Kier molecular flexibility index (Phi) is 4.12. The van der Waals surface area contributed by atoms with Gasteiger partial charge in [0.2, 0.25) is 0 Å². The van der Waals surface area contributed by atoms with E-state index in [1.165, 1.54) is 28.4 Å². The Hall–Kier alpha value is -0.170. The van der Waals surface area contributed by atoms with E-state index in [0.717, 1.165) is 19.4 Å². The minimum atomic E-state index is 0.181. The first kappa shape index (κ1) is 13.8. The molecule has 1 saturated heterocycles. The molecule has 1 saturated carbocycles. The minimum Gasteiger partial charge on any atom is -0.375 e. The van der Waals surface area contributed by atoms with Crippen molar-refractivity contribution in [3.05, 3.63) is 33.4 Å². The lowest BCUT2D eigenvalue weighted by molar-refractivity contribution is -0.147. The molecule has 0 amide bonds. The lowest BCUT2D eigenvalue weighted by Crippen LogP contribution is -2.48. The number of nitrogens with one attached hydrogen (secondary N) is 1. The number of hydrazine groups is 1. The molecule has 2 fully saturated rings. The first-order valence-corrected chi connectivity index (χ1v) is 8.16. The highest BCUT2D eigenvalue weighted by atomic mass is 127. The van der Waals surface area contributed by atoms with E-state index < -0.39 is 0 Å². The fourth-order valence-corrected chi connectivity index (χ4v) is 4.04. The molecule has 2 aliphatic rings. The molecular formula is C15H21IN2O. The van der Waals surface area contributed by atoms with Crippen LogP contribution >= 0.6 is 22.6 Å². The molecule has 104 valence electrons. The first-order chi connectivity index (χ1) is 9.22. The van der Waals surface area contributed by atoms with E-state index >= 15 is 0 Å². The zero-order valence-corrected chi connectivity index (χ0v) is 13.2. The summed E-state index contributed by atoms with van der Waals surface area (Å²) in [6.07, 6.45) is 6.02. The molecule has 1 aromatic carbocycles. The fraction of sp³-hybridized carbons (Fsp3) is 0.600. The predicted octanol–water partition coefficient (Wildman–Crippen LogP) is 3.14. The molecule has 19 heavy (non-hydrogen) atoms. The largest absolute Gasteiger partial charge is 0.375 e. The fourth-order valence-electron chi connectivity index (χ4n) is 3.47. The third kappa shape index (κ3) is 2.82. The zero-order valence-electron chi connectivity index (χ0n) is 11.1. The van der Waals surface area contributed by atoms with Crippen LogP contribution in [0.1, 0.15) is 43.7 Å². The highest BCUT2D eigenvalue weighted by molar-refractivity contribution is 14.1. The maximum atomic E-state index is 6.02. The summed E-state index contributed by atoms with van der Waals surface area (Å²) in [4.78, 5) is 0. The van der Waals surface area contributed by atoms with E-state index in [9.17, 15) is 0 Å². The van der Waals surface area contributed by atoms with Gasteiger partial charge in [-0.05, 0) is 78.3 Å². The van der Waals surface area contributed by atoms with Crippen LogP contribution in [0.2, 0.25) is 0 Å². The Morgan fingerprint density at radius 1 is 1.42 bits per heavy atom. The van der Waals surface area contributed by atoms with E-state index in [0.29, 0.717) is 5.92 Å². The molecule has 1 aliphatic heterocycles. The Morgan fingerprint density at radius 2 is 2.26 bits per heavy atom. The molecule has 0 radical (unpaired) electrons. The summed E-state index contributed by atoms with van der Waals surface area (Å²) in [6.45, 7) is 0.882. The van der Waals surface area contributed by atoms with Gasteiger partial charge in [-0.25, -0.2) is 0 Å². The molecule has 0 bridgehead atoms. The third-order valence-electron chi connectivity index (χ3n) is 4.65. The normalized spacial score (nSPS) is 26.9. The summed E-state index contributed by atoms with van der Waals surface area (Å²) in [5.41, 5.74) is 4.52. The van der Waals surface area contributed by atoms with Gasteiger partial charge in [-0.2, -0.15) is 0 Å². The van der Waals surface area contributed by atoms with Crippen molar-refractivity contribution in [2.24, 2.45) is 11.8 Å². The molecule has 3 rings (SSSR count). The van der Waals surface area contributed by atoms with Gasteiger partial charge in [-0.15, -0.1) is 0 Å². The Bertz CT molecular complexity index is 448. The van der Waals surface area contributed by atoms with Crippen molar-refractivity contribution in [2.45, 2.75) is 43.7 Å². The number of ether oxygens (including phenoxy) is 1. The van der Waals surface area contributed by atoms with Crippen molar-refractivity contribution in [3.8, 4) is 0 Å². The van der Waals surface area contributed by atoms with Gasteiger partial charge in [0.05, 0.1) is 5.60 Å². The SMILES string of the molecule is NNC(c1cccc(I)c1)C1CCOC2(CCC2)C1. The summed E-state index contributed by atoms with van der Waals surface area (Å²) in [5.74, 6) is 6.42. The van der Waals surface area contributed by atoms with Crippen LogP contribution in [0, 0.1) is 9.49 Å². The minimum absolute atomic E-state index is 0.181. The van der Waals surface area contributed by atoms with Gasteiger partial charge >= 0.3 is 0 Å². The molecule has 0 aromatic heterocycles. The van der Waals surface area contributed by atoms with Crippen LogP contribution < -0.4 is 11.3 Å². The van der Waals surface area contributed by atoms with Crippen molar-refractivity contribution >= 4 is 22.6 Å². The number of hydrogen-bond acceptors (Lipinski definition) is 3. The molecule has 4 heteroatoms. The second-order valence-corrected chi connectivity index (χ2v) is 7.08. The molecule has 2 unspecified atom stereocenters. The van der Waals surface area contributed by atoms with Crippen molar-refractivity contribution in [1.29, 1.82) is 0 Å². The van der Waals surface area contributed by atoms with Crippen LogP contribution in [0.3, 0.4) is 0 Å². The third-order valence-corrected chi connectivity index (χ3v) is 5.33. The highest BCUT2D eigenvalue weighted by Gasteiger charge is 2.44. The predicted molar refractivity (Wildman–Crippen MR) is 84.5 cm³/mol. The molecule has 3 N–H and O–H groups in total. The van der Waals surface area contributed by atoms with Gasteiger partial charge in [0, 0.05) is 16.2 Å². The summed E-state index contributed by atoms with van der Waals surface area (Å²) in [6, 6.07) is 8.88. The Labute approximate surface area is 128 Å².